The van der Waals surface area contributed by atoms with Gasteiger partial charge in [-0.25, -0.2) is 0 Å². The lowest BCUT2D eigenvalue weighted by atomic mass is 9.96. The highest BCUT2D eigenvalue weighted by molar-refractivity contribution is 14.1. The molecule has 2 aromatic carbocycles. The Morgan fingerprint density at radius 3 is 2.32 bits per heavy atom. The van der Waals surface area contributed by atoms with E-state index in [4.69, 9.17) is 10.5 Å². The van der Waals surface area contributed by atoms with Crippen molar-refractivity contribution >= 4 is 28.4 Å². The maximum atomic E-state index is 11.4. The molecule has 0 aliphatic heterocycles. The van der Waals surface area contributed by atoms with Crippen LogP contribution in [0.3, 0.4) is 0 Å². The van der Waals surface area contributed by atoms with Crippen LogP contribution >= 0.6 is 22.6 Å². The van der Waals surface area contributed by atoms with E-state index in [-0.39, 0.29) is 11.3 Å². The Bertz CT molecular complexity index is 672. The Labute approximate surface area is 145 Å². The number of ether oxygens (including phenoxy) is 1. The number of benzene rings is 2. The van der Waals surface area contributed by atoms with Gasteiger partial charge in [-0.15, -0.1) is 0 Å². The van der Waals surface area contributed by atoms with E-state index < -0.39 is 0 Å². The second-order valence-electron chi connectivity index (χ2n) is 6.11. The van der Waals surface area contributed by atoms with Crippen molar-refractivity contribution in [1.29, 1.82) is 0 Å². The minimum Gasteiger partial charge on any atom is -0.456 e. The first-order valence-electron chi connectivity index (χ1n) is 7.11. The Kier molecular flexibility index (Phi) is 5.24. The molecule has 22 heavy (non-hydrogen) atoms. The maximum absolute atomic E-state index is 11.4. The van der Waals surface area contributed by atoms with Gasteiger partial charge < -0.3 is 10.5 Å². The molecule has 0 aliphatic carbocycles. The number of hydrogen-bond acceptors (Lipinski definition) is 3. The third-order valence-corrected chi connectivity index (χ3v) is 3.99. The molecular formula is C18H20INO2. The smallest absolute Gasteiger partial charge is 0.159 e. The predicted octanol–water partition coefficient (Wildman–Crippen LogP) is 4.57. The first kappa shape index (κ1) is 17.0. The summed E-state index contributed by atoms with van der Waals surface area (Å²) in [5.41, 5.74) is 7.68. The molecule has 0 spiro atoms. The SMILES string of the molecule is CC(=O)c1ccc(Oc2ccc(CC(C)(C)N)cc2)c(I)c1. The average molecular weight is 409 g/mol. The topological polar surface area (TPSA) is 52.3 Å². The zero-order chi connectivity index (χ0) is 16.3. The number of halogens is 1. The van der Waals surface area contributed by atoms with E-state index in [1.54, 1.807) is 13.0 Å². The Balaban J connectivity index is 2.12. The van der Waals surface area contributed by atoms with Crippen molar-refractivity contribution in [1.82, 2.24) is 0 Å². The highest BCUT2D eigenvalue weighted by Crippen LogP contribution is 2.28. The van der Waals surface area contributed by atoms with Crippen LogP contribution in [-0.4, -0.2) is 11.3 Å². The normalized spacial score (nSPS) is 11.3. The van der Waals surface area contributed by atoms with Crippen LogP contribution in [0, 0.1) is 3.57 Å². The van der Waals surface area contributed by atoms with Crippen molar-refractivity contribution in [2.45, 2.75) is 32.7 Å². The highest BCUT2D eigenvalue weighted by Gasteiger charge is 2.12. The largest absolute Gasteiger partial charge is 0.456 e. The lowest BCUT2D eigenvalue weighted by Crippen LogP contribution is -2.34. The molecule has 0 unspecified atom stereocenters. The molecule has 4 heteroatoms. The predicted molar refractivity (Wildman–Crippen MR) is 97.6 cm³/mol. The van der Waals surface area contributed by atoms with Gasteiger partial charge in [0.05, 0.1) is 3.57 Å². The molecule has 0 saturated heterocycles. The standard InChI is InChI=1S/C18H20INO2/c1-12(21)14-6-9-17(16(19)10-14)22-15-7-4-13(5-8-15)11-18(2,3)20/h4-10H,11,20H2,1-3H3. The second kappa shape index (κ2) is 6.79. The van der Waals surface area contributed by atoms with Gasteiger partial charge in [-0.05, 0) is 85.7 Å². The first-order chi connectivity index (χ1) is 10.2. The zero-order valence-electron chi connectivity index (χ0n) is 13.0. The summed E-state index contributed by atoms with van der Waals surface area (Å²) in [7, 11) is 0. The number of ketones is 1. The highest BCUT2D eigenvalue weighted by atomic mass is 127. The van der Waals surface area contributed by atoms with Gasteiger partial charge in [0.2, 0.25) is 0 Å². The van der Waals surface area contributed by atoms with Crippen molar-refractivity contribution in [2.24, 2.45) is 5.73 Å². The van der Waals surface area contributed by atoms with Crippen LogP contribution in [0.15, 0.2) is 42.5 Å². The van der Waals surface area contributed by atoms with Crippen LogP contribution in [0.5, 0.6) is 11.5 Å². The second-order valence-corrected chi connectivity index (χ2v) is 7.27. The van der Waals surface area contributed by atoms with Crippen LogP contribution in [0.2, 0.25) is 0 Å². The number of carbonyl (C=O) groups is 1. The van der Waals surface area contributed by atoms with Crippen LogP contribution < -0.4 is 10.5 Å². The fraction of sp³-hybridized carbons (Fsp3) is 0.278. The van der Waals surface area contributed by atoms with Crippen molar-refractivity contribution < 1.29 is 9.53 Å². The average Bonchev–Trinajstić information content (AvgIpc) is 2.41. The van der Waals surface area contributed by atoms with Gasteiger partial charge in [-0.3, -0.25) is 4.79 Å². The van der Waals surface area contributed by atoms with Crippen LogP contribution in [0.4, 0.5) is 0 Å². The molecule has 0 heterocycles. The molecule has 0 atom stereocenters. The van der Waals surface area contributed by atoms with E-state index >= 15 is 0 Å². The number of Topliss-reactive ketones (excluding diaryl/α,β-unsaturated/α-hetero) is 1. The van der Waals surface area contributed by atoms with Crippen molar-refractivity contribution in [3.8, 4) is 11.5 Å². The quantitative estimate of drug-likeness (QED) is 0.582. The number of rotatable bonds is 5. The van der Waals surface area contributed by atoms with Crippen molar-refractivity contribution in [2.75, 3.05) is 0 Å². The molecule has 0 aromatic heterocycles. The molecule has 3 nitrogen and oxygen atoms in total. The van der Waals surface area contributed by atoms with Crippen molar-refractivity contribution in [3.63, 3.8) is 0 Å². The Morgan fingerprint density at radius 1 is 1.18 bits per heavy atom. The fourth-order valence-electron chi connectivity index (χ4n) is 2.13. The number of carbonyl (C=O) groups excluding carboxylic acids is 1. The van der Waals surface area contributed by atoms with Gasteiger partial charge in [0.15, 0.2) is 5.78 Å². The van der Waals surface area contributed by atoms with E-state index in [1.165, 1.54) is 5.56 Å². The molecular weight excluding hydrogens is 389 g/mol. The molecule has 0 bridgehead atoms. The number of hydrogen-bond donors (Lipinski definition) is 1. The minimum atomic E-state index is -0.222. The van der Waals surface area contributed by atoms with Gasteiger partial charge >= 0.3 is 0 Å². The van der Waals surface area contributed by atoms with E-state index in [0.29, 0.717) is 5.56 Å². The Hall–Kier alpha value is -1.40. The fourth-order valence-corrected chi connectivity index (χ4v) is 2.76. The Morgan fingerprint density at radius 2 is 1.82 bits per heavy atom. The minimum absolute atomic E-state index is 0.0539. The lowest BCUT2D eigenvalue weighted by molar-refractivity contribution is 0.101. The van der Waals surface area contributed by atoms with Crippen LogP contribution in [-0.2, 0) is 6.42 Å². The maximum Gasteiger partial charge on any atom is 0.159 e. The molecule has 0 radical (unpaired) electrons. The van der Waals surface area contributed by atoms with Crippen LogP contribution in [0.1, 0.15) is 36.7 Å². The first-order valence-corrected chi connectivity index (χ1v) is 8.19. The lowest BCUT2D eigenvalue weighted by Gasteiger charge is -2.18. The van der Waals surface area contributed by atoms with Gasteiger partial charge in [0, 0.05) is 11.1 Å². The summed E-state index contributed by atoms with van der Waals surface area (Å²) in [6, 6.07) is 13.4. The van der Waals surface area contributed by atoms with Gasteiger partial charge in [0.25, 0.3) is 0 Å². The van der Waals surface area contributed by atoms with Crippen molar-refractivity contribution in [3.05, 3.63) is 57.2 Å². The summed E-state index contributed by atoms with van der Waals surface area (Å²) in [5.74, 6) is 1.57. The summed E-state index contributed by atoms with van der Waals surface area (Å²) < 4.78 is 6.79. The van der Waals surface area contributed by atoms with Gasteiger partial charge in [0.1, 0.15) is 11.5 Å². The summed E-state index contributed by atoms with van der Waals surface area (Å²) in [4.78, 5) is 11.4. The molecule has 2 rings (SSSR count). The third kappa shape index (κ3) is 4.81. The van der Waals surface area contributed by atoms with E-state index in [2.05, 4.69) is 22.6 Å². The summed E-state index contributed by atoms with van der Waals surface area (Å²) >= 11 is 2.18. The van der Waals surface area contributed by atoms with E-state index in [9.17, 15) is 4.79 Å². The molecule has 2 aromatic rings. The van der Waals surface area contributed by atoms with Crippen LogP contribution in [0.25, 0.3) is 0 Å². The zero-order valence-corrected chi connectivity index (χ0v) is 15.2. The number of nitrogens with two attached hydrogens (primary N) is 1. The molecule has 0 amide bonds. The summed E-state index contributed by atoms with van der Waals surface area (Å²) in [5, 5.41) is 0. The summed E-state index contributed by atoms with van der Waals surface area (Å²) in [6.45, 7) is 5.58. The van der Waals surface area contributed by atoms with E-state index in [0.717, 1.165) is 21.5 Å². The summed E-state index contributed by atoms with van der Waals surface area (Å²) in [6.07, 6.45) is 0.818. The van der Waals surface area contributed by atoms with E-state index in [1.807, 2.05) is 50.2 Å². The molecule has 0 aliphatic rings. The van der Waals surface area contributed by atoms with Gasteiger partial charge in [-0.1, -0.05) is 12.1 Å². The molecule has 0 fully saturated rings. The molecule has 2 N–H and O–H groups in total. The van der Waals surface area contributed by atoms with Gasteiger partial charge in [-0.2, -0.15) is 0 Å². The third-order valence-electron chi connectivity index (χ3n) is 3.15. The molecule has 0 saturated carbocycles. The molecule has 116 valence electrons. The monoisotopic (exact) mass is 409 g/mol.